The lowest BCUT2D eigenvalue weighted by atomic mass is 10.2. The lowest BCUT2D eigenvalue weighted by Crippen LogP contribution is -2.12. The van der Waals surface area contributed by atoms with Crippen LogP contribution in [0.1, 0.15) is 12.8 Å². The van der Waals surface area contributed by atoms with Crippen LogP contribution < -0.4 is 5.73 Å². The third kappa shape index (κ3) is 1.59. The van der Waals surface area contributed by atoms with Crippen LogP contribution >= 0.6 is 0 Å². The van der Waals surface area contributed by atoms with Crippen LogP contribution in [-0.4, -0.2) is 5.91 Å². The summed E-state index contributed by atoms with van der Waals surface area (Å²) in [5, 5.41) is 8.35. The van der Waals surface area contributed by atoms with Crippen molar-refractivity contribution < 1.29 is 4.79 Å². The Morgan fingerprint density at radius 3 is 2.60 bits per heavy atom. The molecule has 0 aromatic heterocycles. The number of carbonyl (C=O) groups excluding carboxylic acids is 1. The van der Waals surface area contributed by atoms with E-state index in [2.05, 4.69) is 0 Å². The Hall–Kier alpha value is -1.30. The van der Waals surface area contributed by atoms with Gasteiger partial charge in [0.15, 0.2) is 0 Å². The minimum atomic E-state index is -0.616. The first-order chi connectivity index (χ1) is 4.74. The number of allylic oxidation sites excluding steroid dienone is 1. The Balaban J connectivity index is 2.64. The average Bonchev–Trinajstić information content (AvgIpc) is 2.64. The van der Waals surface area contributed by atoms with E-state index in [1.165, 1.54) is 0 Å². The van der Waals surface area contributed by atoms with Gasteiger partial charge >= 0.3 is 0 Å². The summed E-state index contributed by atoms with van der Waals surface area (Å²) in [5.74, 6) is -0.184. The maximum atomic E-state index is 10.4. The minimum Gasteiger partial charge on any atom is -0.365 e. The Morgan fingerprint density at radius 1 is 1.70 bits per heavy atom. The van der Waals surface area contributed by atoms with E-state index in [0.717, 1.165) is 12.8 Å². The molecule has 1 fully saturated rings. The Bertz CT molecular complexity index is 220. The molecular weight excluding hydrogens is 128 g/mol. The molecule has 1 aliphatic rings. The van der Waals surface area contributed by atoms with Crippen LogP contribution in [0.4, 0.5) is 0 Å². The molecule has 1 saturated carbocycles. The van der Waals surface area contributed by atoms with Crippen molar-refractivity contribution in [2.24, 2.45) is 11.7 Å². The van der Waals surface area contributed by atoms with Crippen LogP contribution in [0.3, 0.4) is 0 Å². The van der Waals surface area contributed by atoms with Crippen molar-refractivity contribution in [3.8, 4) is 6.07 Å². The molecule has 0 spiro atoms. The van der Waals surface area contributed by atoms with E-state index in [-0.39, 0.29) is 5.57 Å². The Kier molecular flexibility index (Phi) is 1.72. The second-order valence-corrected chi connectivity index (χ2v) is 2.39. The molecule has 1 amide bonds. The molecule has 2 N–H and O–H groups in total. The van der Waals surface area contributed by atoms with Crippen LogP contribution in [0.2, 0.25) is 0 Å². The molecule has 0 unspecified atom stereocenters. The largest absolute Gasteiger partial charge is 0.365 e. The highest BCUT2D eigenvalue weighted by molar-refractivity contribution is 5.95. The van der Waals surface area contributed by atoms with Crippen LogP contribution in [0.5, 0.6) is 0 Å². The van der Waals surface area contributed by atoms with E-state index in [0.29, 0.717) is 5.92 Å². The van der Waals surface area contributed by atoms with Gasteiger partial charge in [0.05, 0.1) is 0 Å². The standard InChI is InChI=1S/C7H8N2O/c8-4-6(7(9)10)3-5-1-2-5/h3,5H,1-2H2,(H2,9,10). The average molecular weight is 136 g/mol. The first-order valence-electron chi connectivity index (χ1n) is 3.15. The Labute approximate surface area is 59.1 Å². The van der Waals surface area contributed by atoms with Gasteiger partial charge in [0.1, 0.15) is 11.6 Å². The molecular formula is C7H8N2O. The van der Waals surface area contributed by atoms with Crippen molar-refractivity contribution in [1.29, 1.82) is 5.26 Å². The summed E-state index contributed by atoms with van der Waals surface area (Å²) in [6, 6.07) is 1.76. The third-order valence-electron chi connectivity index (χ3n) is 1.41. The number of hydrogen-bond donors (Lipinski definition) is 1. The summed E-state index contributed by atoms with van der Waals surface area (Å²) < 4.78 is 0. The number of rotatable bonds is 2. The topological polar surface area (TPSA) is 66.9 Å². The van der Waals surface area contributed by atoms with Crippen LogP contribution in [0, 0.1) is 17.2 Å². The molecule has 0 saturated heterocycles. The van der Waals surface area contributed by atoms with E-state index >= 15 is 0 Å². The fraction of sp³-hybridized carbons (Fsp3) is 0.429. The molecule has 0 aromatic carbocycles. The van der Waals surface area contributed by atoms with Crippen LogP contribution in [-0.2, 0) is 4.79 Å². The SMILES string of the molecule is N#CC(=CC1CC1)C(N)=O. The van der Waals surface area contributed by atoms with Gasteiger partial charge < -0.3 is 5.73 Å². The van der Waals surface area contributed by atoms with E-state index in [9.17, 15) is 4.79 Å². The van der Waals surface area contributed by atoms with Crippen molar-refractivity contribution in [3.63, 3.8) is 0 Å². The zero-order valence-corrected chi connectivity index (χ0v) is 5.50. The van der Waals surface area contributed by atoms with E-state index in [1.807, 2.05) is 0 Å². The normalized spacial score (nSPS) is 18.1. The number of carbonyl (C=O) groups is 1. The smallest absolute Gasteiger partial charge is 0.259 e. The highest BCUT2D eigenvalue weighted by atomic mass is 16.1. The molecule has 1 aliphatic carbocycles. The first kappa shape index (κ1) is 6.81. The van der Waals surface area contributed by atoms with Gasteiger partial charge in [-0.15, -0.1) is 0 Å². The molecule has 1 rings (SSSR count). The van der Waals surface area contributed by atoms with Gasteiger partial charge in [-0.2, -0.15) is 5.26 Å². The van der Waals surface area contributed by atoms with E-state index < -0.39 is 5.91 Å². The van der Waals surface area contributed by atoms with Crippen molar-refractivity contribution >= 4 is 5.91 Å². The lowest BCUT2D eigenvalue weighted by molar-refractivity contribution is -0.114. The number of primary amides is 1. The van der Waals surface area contributed by atoms with Crippen molar-refractivity contribution in [2.45, 2.75) is 12.8 Å². The van der Waals surface area contributed by atoms with E-state index in [4.69, 9.17) is 11.0 Å². The second-order valence-electron chi connectivity index (χ2n) is 2.39. The number of hydrogen-bond acceptors (Lipinski definition) is 2. The molecule has 3 heteroatoms. The summed E-state index contributed by atoms with van der Waals surface area (Å²) in [6.45, 7) is 0. The molecule has 0 radical (unpaired) electrons. The lowest BCUT2D eigenvalue weighted by Gasteiger charge is -1.86. The maximum absolute atomic E-state index is 10.4. The van der Waals surface area contributed by atoms with Crippen molar-refractivity contribution in [1.82, 2.24) is 0 Å². The van der Waals surface area contributed by atoms with Gasteiger partial charge in [-0.05, 0) is 18.8 Å². The van der Waals surface area contributed by atoms with Crippen LogP contribution in [0.25, 0.3) is 0 Å². The molecule has 10 heavy (non-hydrogen) atoms. The number of nitrogens with zero attached hydrogens (tertiary/aromatic N) is 1. The zero-order chi connectivity index (χ0) is 7.56. The highest BCUT2D eigenvalue weighted by Crippen LogP contribution is 2.31. The number of nitrogens with two attached hydrogens (primary N) is 1. The molecule has 0 atom stereocenters. The maximum Gasteiger partial charge on any atom is 0.259 e. The first-order valence-corrected chi connectivity index (χ1v) is 3.15. The predicted molar refractivity (Wildman–Crippen MR) is 35.6 cm³/mol. The molecule has 3 nitrogen and oxygen atoms in total. The van der Waals surface area contributed by atoms with Gasteiger partial charge in [-0.1, -0.05) is 6.08 Å². The molecule has 0 heterocycles. The summed E-state index contributed by atoms with van der Waals surface area (Å²) in [7, 11) is 0. The van der Waals surface area contributed by atoms with Gasteiger partial charge in [0, 0.05) is 0 Å². The van der Waals surface area contributed by atoms with Crippen LogP contribution in [0.15, 0.2) is 11.6 Å². The molecule has 52 valence electrons. The summed E-state index contributed by atoms with van der Waals surface area (Å²) in [5.41, 5.74) is 4.99. The predicted octanol–water partition coefficient (Wildman–Crippen LogP) is 0.332. The molecule has 0 bridgehead atoms. The van der Waals surface area contributed by atoms with Crippen molar-refractivity contribution in [3.05, 3.63) is 11.6 Å². The summed E-state index contributed by atoms with van der Waals surface area (Å²) in [4.78, 5) is 10.4. The third-order valence-corrected chi connectivity index (χ3v) is 1.41. The number of amides is 1. The van der Waals surface area contributed by atoms with Crippen molar-refractivity contribution in [2.75, 3.05) is 0 Å². The highest BCUT2D eigenvalue weighted by Gasteiger charge is 2.20. The second kappa shape index (κ2) is 2.53. The monoisotopic (exact) mass is 136 g/mol. The fourth-order valence-corrected chi connectivity index (χ4v) is 0.673. The fourth-order valence-electron chi connectivity index (χ4n) is 0.673. The van der Waals surface area contributed by atoms with Gasteiger partial charge in [-0.3, -0.25) is 4.79 Å². The van der Waals surface area contributed by atoms with E-state index in [1.54, 1.807) is 12.1 Å². The molecule has 0 aliphatic heterocycles. The minimum absolute atomic E-state index is 0.0995. The van der Waals surface area contributed by atoms with Gasteiger partial charge in [-0.25, -0.2) is 0 Å². The summed E-state index contributed by atoms with van der Waals surface area (Å²) >= 11 is 0. The van der Waals surface area contributed by atoms with Gasteiger partial charge in [0.2, 0.25) is 0 Å². The number of nitriles is 1. The Morgan fingerprint density at radius 2 is 2.30 bits per heavy atom. The quantitative estimate of drug-likeness (QED) is 0.439. The zero-order valence-electron chi connectivity index (χ0n) is 5.50. The summed E-state index contributed by atoms with van der Waals surface area (Å²) in [6.07, 6.45) is 3.82. The molecule has 0 aromatic rings. The van der Waals surface area contributed by atoms with Gasteiger partial charge in [0.25, 0.3) is 5.91 Å².